The first-order valence-electron chi connectivity index (χ1n) is 5.94. The van der Waals surface area contributed by atoms with E-state index in [4.69, 9.17) is 14.6 Å². The molecule has 0 radical (unpaired) electrons. The number of hydrogen-bond acceptors (Lipinski definition) is 5. The lowest BCUT2D eigenvalue weighted by Crippen LogP contribution is -2.22. The minimum absolute atomic E-state index is 0.234. The van der Waals surface area contributed by atoms with Gasteiger partial charge in [0, 0.05) is 0 Å². The van der Waals surface area contributed by atoms with E-state index in [9.17, 15) is 13.2 Å². The van der Waals surface area contributed by atoms with Crippen LogP contribution in [-0.2, 0) is 20.4 Å². The lowest BCUT2D eigenvalue weighted by atomic mass is 10.2. The second-order valence-corrected chi connectivity index (χ2v) is 6.82. The molecule has 1 atom stereocenters. The molecule has 1 N–H and O–H groups in total. The average Bonchev–Trinajstić information content (AvgIpc) is 2.37. The van der Waals surface area contributed by atoms with Gasteiger partial charge in [-0.3, -0.25) is 4.79 Å². The van der Waals surface area contributed by atoms with E-state index in [1.165, 1.54) is 21.1 Å². The summed E-state index contributed by atoms with van der Waals surface area (Å²) in [5, 5.41) is 7.73. The third-order valence-corrected chi connectivity index (χ3v) is 5.02. The Morgan fingerprint density at radius 3 is 2.35 bits per heavy atom. The van der Waals surface area contributed by atoms with Crippen molar-refractivity contribution in [2.45, 2.75) is 24.3 Å². The van der Waals surface area contributed by atoms with Gasteiger partial charge in [-0.05, 0) is 24.6 Å². The van der Waals surface area contributed by atoms with Crippen molar-refractivity contribution in [3.8, 4) is 11.5 Å². The number of carboxylic acid groups (broad SMARTS) is 1. The molecule has 0 aromatic heterocycles. The van der Waals surface area contributed by atoms with Crippen LogP contribution in [0.5, 0.6) is 11.5 Å². The molecule has 0 fully saturated rings. The predicted octanol–water partition coefficient (Wildman–Crippen LogP) is 1.48. The van der Waals surface area contributed by atoms with Gasteiger partial charge in [-0.2, -0.15) is 0 Å². The Bertz CT molecular complexity index is 579. The van der Waals surface area contributed by atoms with Crippen molar-refractivity contribution in [3.63, 3.8) is 0 Å². The predicted molar refractivity (Wildman–Crippen MR) is 73.9 cm³/mol. The Balaban J connectivity index is 2.95. The zero-order valence-electron chi connectivity index (χ0n) is 11.6. The van der Waals surface area contributed by atoms with E-state index in [-0.39, 0.29) is 5.75 Å². The number of carbonyl (C=O) groups is 1. The molecule has 0 saturated heterocycles. The maximum Gasteiger partial charge on any atom is 0.304 e. The Labute approximate surface area is 118 Å². The number of methoxy groups -OCH3 is 2. The van der Waals surface area contributed by atoms with E-state index in [0.717, 1.165) is 0 Å². The van der Waals surface area contributed by atoms with Gasteiger partial charge < -0.3 is 14.6 Å². The molecule has 0 saturated carbocycles. The van der Waals surface area contributed by atoms with Crippen LogP contribution >= 0.6 is 0 Å². The fourth-order valence-electron chi connectivity index (χ4n) is 1.72. The number of carboxylic acids is 1. The van der Waals surface area contributed by atoms with Crippen LogP contribution in [-0.4, -0.2) is 39.0 Å². The standard InChI is InChI=1S/C13H18O6S/c1-9(6-13(14)15)20(16,17)8-10-4-5-11(18-2)12(7-10)19-3/h4-5,7,9H,6,8H2,1-3H3,(H,14,15). The van der Waals surface area contributed by atoms with Gasteiger partial charge in [-0.1, -0.05) is 6.07 Å². The third-order valence-electron chi connectivity index (χ3n) is 2.89. The normalized spacial score (nSPS) is 12.8. The van der Waals surface area contributed by atoms with Gasteiger partial charge in [0.15, 0.2) is 21.3 Å². The lowest BCUT2D eigenvalue weighted by Gasteiger charge is -2.13. The molecule has 20 heavy (non-hydrogen) atoms. The van der Waals surface area contributed by atoms with Crippen LogP contribution in [0, 0.1) is 0 Å². The van der Waals surface area contributed by atoms with E-state index in [1.807, 2.05) is 0 Å². The molecule has 1 aromatic rings. The fourth-order valence-corrected chi connectivity index (χ4v) is 3.04. The minimum atomic E-state index is -3.53. The number of hydrogen-bond donors (Lipinski definition) is 1. The summed E-state index contributed by atoms with van der Waals surface area (Å²) >= 11 is 0. The van der Waals surface area contributed by atoms with Crippen LogP contribution in [0.15, 0.2) is 18.2 Å². The van der Waals surface area contributed by atoms with E-state index >= 15 is 0 Å². The van der Waals surface area contributed by atoms with Crippen LogP contribution in [0.2, 0.25) is 0 Å². The molecule has 7 heteroatoms. The first-order valence-corrected chi connectivity index (χ1v) is 7.66. The number of ether oxygens (including phenoxy) is 2. The van der Waals surface area contributed by atoms with Crippen LogP contribution in [0.1, 0.15) is 18.9 Å². The zero-order valence-corrected chi connectivity index (χ0v) is 12.4. The molecule has 0 amide bonds. The van der Waals surface area contributed by atoms with Crippen molar-refractivity contribution in [2.75, 3.05) is 14.2 Å². The number of sulfone groups is 1. The van der Waals surface area contributed by atoms with Gasteiger partial charge in [0.1, 0.15) is 0 Å². The van der Waals surface area contributed by atoms with Gasteiger partial charge >= 0.3 is 5.97 Å². The highest BCUT2D eigenvalue weighted by atomic mass is 32.2. The average molecular weight is 302 g/mol. The summed E-state index contributed by atoms with van der Waals surface area (Å²) in [7, 11) is -0.579. The van der Waals surface area contributed by atoms with Gasteiger partial charge in [-0.15, -0.1) is 0 Å². The first-order chi connectivity index (χ1) is 9.30. The van der Waals surface area contributed by atoms with Crippen molar-refractivity contribution in [1.29, 1.82) is 0 Å². The molecule has 1 aromatic carbocycles. The number of rotatable bonds is 7. The highest BCUT2D eigenvalue weighted by Gasteiger charge is 2.24. The van der Waals surface area contributed by atoms with Crippen molar-refractivity contribution >= 4 is 15.8 Å². The van der Waals surface area contributed by atoms with Crippen LogP contribution in [0.25, 0.3) is 0 Å². The van der Waals surface area contributed by atoms with Gasteiger partial charge in [0.05, 0.1) is 31.6 Å². The highest BCUT2D eigenvalue weighted by molar-refractivity contribution is 7.91. The Hall–Kier alpha value is -1.76. The lowest BCUT2D eigenvalue weighted by molar-refractivity contribution is -0.136. The third kappa shape index (κ3) is 4.12. The molecule has 0 aliphatic rings. The molecule has 0 spiro atoms. The van der Waals surface area contributed by atoms with E-state index in [2.05, 4.69) is 0 Å². The molecule has 0 heterocycles. The molecule has 0 bridgehead atoms. The maximum absolute atomic E-state index is 12.1. The van der Waals surface area contributed by atoms with E-state index in [1.54, 1.807) is 18.2 Å². The van der Waals surface area contributed by atoms with Crippen molar-refractivity contribution in [3.05, 3.63) is 23.8 Å². The first kappa shape index (κ1) is 16.3. The molecule has 0 aliphatic carbocycles. The second-order valence-electron chi connectivity index (χ2n) is 4.41. The SMILES string of the molecule is COc1ccc(CS(=O)(=O)C(C)CC(=O)O)cc1OC. The molecule has 1 unspecified atom stereocenters. The van der Waals surface area contributed by atoms with Gasteiger partial charge in [0.2, 0.25) is 0 Å². The van der Waals surface area contributed by atoms with Crippen LogP contribution < -0.4 is 9.47 Å². The fraction of sp³-hybridized carbons (Fsp3) is 0.462. The van der Waals surface area contributed by atoms with Gasteiger partial charge in [-0.25, -0.2) is 8.42 Å². The second kappa shape index (κ2) is 6.60. The van der Waals surface area contributed by atoms with E-state index < -0.39 is 27.5 Å². The smallest absolute Gasteiger partial charge is 0.304 e. The number of benzene rings is 1. The molecular formula is C13H18O6S. The van der Waals surface area contributed by atoms with Crippen molar-refractivity contribution in [1.82, 2.24) is 0 Å². The van der Waals surface area contributed by atoms with Crippen molar-refractivity contribution < 1.29 is 27.8 Å². The summed E-state index contributed by atoms with van der Waals surface area (Å²) in [6.07, 6.45) is -0.407. The Morgan fingerprint density at radius 1 is 1.25 bits per heavy atom. The van der Waals surface area contributed by atoms with E-state index in [0.29, 0.717) is 17.1 Å². The number of aliphatic carboxylic acids is 1. The monoisotopic (exact) mass is 302 g/mol. The summed E-state index contributed by atoms with van der Waals surface area (Å²) in [6, 6.07) is 4.81. The Morgan fingerprint density at radius 2 is 1.85 bits per heavy atom. The van der Waals surface area contributed by atoms with Gasteiger partial charge in [0.25, 0.3) is 0 Å². The largest absolute Gasteiger partial charge is 0.493 e. The molecule has 1 rings (SSSR count). The molecule has 112 valence electrons. The van der Waals surface area contributed by atoms with Crippen molar-refractivity contribution in [2.24, 2.45) is 0 Å². The zero-order chi connectivity index (χ0) is 15.3. The Kier molecular flexibility index (Phi) is 5.38. The topological polar surface area (TPSA) is 89.9 Å². The summed E-state index contributed by atoms with van der Waals surface area (Å²) in [6.45, 7) is 1.39. The molecule has 6 nitrogen and oxygen atoms in total. The summed E-state index contributed by atoms with van der Waals surface area (Å²) in [5.41, 5.74) is 0.528. The summed E-state index contributed by atoms with van der Waals surface area (Å²) < 4.78 is 34.3. The van der Waals surface area contributed by atoms with Crippen LogP contribution in [0.4, 0.5) is 0 Å². The molecular weight excluding hydrogens is 284 g/mol. The summed E-state index contributed by atoms with van der Waals surface area (Å²) in [5.74, 6) is -0.423. The highest BCUT2D eigenvalue weighted by Crippen LogP contribution is 2.28. The molecule has 0 aliphatic heterocycles. The summed E-state index contributed by atoms with van der Waals surface area (Å²) in [4.78, 5) is 10.6. The quantitative estimate of drug-likeness (QED) is 0.820. The maximum atomic E-state index is 12.1. The van der Waals surface area contributed by atoms with Crippen LogP contribution in [0.3, 0.4) is 0 Å². The minimum Gasteiger partial charge on any atom is -0.493 e.